The van der Waals surface area contributed by atoms with Gasteiger partial charge in [-0.1, -0.05) is 19.9 Å². The molecule has 3 nitrogen and oxygen atoms in total. The molecule has 3 heteroatoms. The van der Waals surface area contributed by atoms with Gasteiger partial charge in [0.2, 0.25) is 0 Å². The molecule has 0 aliphatic rings. The molecule has 0 spiro atoms. The van der Waals surface area contributed by atoms with Gasteiger partial charge in [-0.25, -0.2) is 4.98 Å². The molecule has 0 saturated heterocycles. The van der Waals surface area contributed by atoms with E-state index >= 15 is 0 Å². The number of hydrogen-bond acceptors (Lipinski definition) is 2. The van der Waals surface area contributed by atoms with Gasteiger partial charge >= 0.3 is 0 Å². The van der Waals surface area contributed by atoms with E-state index in [-0.39, 0.29) is 0 Å². The highest BCUT2D eigenvalue weighted by Gasteiger charge is 1.98. The van der Waals surface area contributed by atoms with Gasteiger partial charge in [0.05, 0.1) is 0 Å². The molecule has 0 fully saturated rings. The van der Waals surface area contributed by atoms with Crippen molar-refractivity contribution in [1.29, 1.82) is 0 Å². The SMILES string of the molecule is CC.Cc1cccc(Nc2ccc3[nH]ccc3c2)n1. The van der Waals surface area contributed by atoms with E-state index in [0.29, 0.717) is 0 Å². The summed E-state index contributed by atoms with van der Waals surface area (Å²) in [6, 6.07) is 14.2. The summed E-state index contributed by atoms with van der Waals surface area (Å²) in [4.78, 5) is 7.59. The molecule has 0 unspecified atom stereocenters. The van der Waals surface area contributed by atoms with Gasteiger partial charge in [0.15, 0.2) is 0 Å². The molecule has 0 aliphatic heterocycles. The van der Waals surface area contributed by atoms with Gasteiger partial charge in [0, 0.05) is 28.5 Å². The Kier molecular flexibility index (Phi) is 4.18. The summed E-state index contributed by atoms with van der Waals surface area (Å²) in [6.45, 7) is 5.99. The van der Waals surface area contributed by atoms with E-state index in [2.05, 4.69) is 33.5 Å². The first-order chi connectivity index (χ1) is 9.31. The van der Waals surface area contributed by atoms with Crippen molar-refractivity contribution in [2.24, 2.45) is 0 Å². The average molecular weight is 253 g/mol. The molecule has 0 aliphatic carbocycles. The van der Waals surface area contributed by atoms with Crippen LogP contribution in [-0.2, 0) is 0 Å². The number of rotatable bonds is 2. The number of nitrogens with zero attached hydrogens (tertiary/aromatic N) is 1. The zero-order valence-electron chi connectivity index (χ0n) is 11.6. The van der Waals surface area contributed by atoms with Gasteiger partial charge in [0.25, 0.3) is 0 Å². The number of nitrogens with one attached hydrogen (secondary N) is 2. The Labute approximate surface area is 113 Å². The summed E-state index contributed by atoms with van der Waals surface area (Å²) in [7, 11) is 0. The number of benzene rings is 1. The molecule has 0 bridgehead atoms. The minimum absolute atomic E-state index is 0.875. The van der Waals surface area contributed by atoms with E-state index in [1.54, 1.807) is 0 Å². The largest absolute Gasteiger partial charge is 0.361 e. The van der Waals surface area contributed by atoms with Gasteiger partial charge in [-0.3, -0.25) is 0 Å². The third-order valence-corrected chi connectivity index (χ3v) is 2.71. The molecule has 19 heavy (non-hydrogen) atoms. The maximum atomic E-state index is 4.42. The highest BCUT2D eigenvalue weighted by atomic mass is 15.0. The van der Waals surface area contributed by atoms with Crippen LogP contribution in [0.4, 0.5) is 11.5 Å². The first kappa shape index (κ1) is 13.1. The Bertz CT molecular complexity index is 656. The Hall–Kier alpha value is -2.29. The topological polar surface area (TPSA) is 40.7 Å². The van der Waals surface area contributed by atoms with Gasteiger partial charge in [0.1, 0.15) is 5.82 Å². The van der Waals surface area contributed by atoms with E-state index in [0.717, 1.165) is 22.7 Å². The molecule has 0 radical (unpaired) electrons. The van der Waals surface area contributed by atoms with Crippen LogP contribution >= 0.6 is 0 Å². The van der Waals surface area contributed by atoms with Crippen molar-refractivity contribution in [2.45, 2.75) is 20.8 Å². The Morgan fingerprint density at radius 1 is 1.05 bits per heavy atom. The number of aromatic amines is 1. The third kappa shape index (κ3) is 3.13. The second kappa shape index (κ2) is 6.05. The number of H-pyrrole nitrogens is 1. The van der Waals surface area contributed by atoms with Gasteiger partial charge < -0.3 is 10.3 Å². The van der Waals surface area contributed by atoms with Crippen LogP contribution in [0.3, 0.4) is 0 Å². The lowest BCUT2D eigenvalue weighted by Gasteiger charge is -2.06. The average Bonchev–Trinajstić information content (AvgIpc) is 2.88. The number of hydrogen-bond donors (Lipinski definition) is 2. The van der Waals surface area contributed by atoms with E-state index in [1.165, 1.54) is 5.39 Å². The van der Waals surface area contributed by atoms with Gasteiger partial charge in [-0.2, -0.15) is 0 Å². The van der Waals surface area contributed by atoms with E-state index in [1.807, 2.05) is 51.2 Å². The van der Waals surface area contributed by atoms with Gasteiger partial charge in [-0.05, 0) is 43.3 Å². The summed E-state index contributed by atoms with van der Waals surface area (Å²) in [6.07, 6.45) is 1.94. The minimum atomic E-state index is 0.875. The lowest BCUT2D eigenvalue weighted by atomic mass is 10.2. The Morgan fingerprint density at radius 2 is 1.89 bits per heavy atom. The van der Waals surface area contributed by atoms with Crippen LogP contribution in [0.1, 0.15) is 19.5 Å². The van der Waals surface area contributed by atoms with E-state index in [4.69, 9.17) is 0 Å². The Morgan fingerprint density at radius 3 is 2.68 bits per heavy atom. The van der Waals surface area contributed by atoms with Crippen LogP contribution < -0.4 is 5.32 Å². The van der Waals surface area contributed by atoms with Crippen molar-refractivity contribution in [2.75, 3.05) is 5.32 Å². The summed E-state index contributed by atoms with van der Waals surface area (Å²) in [5.74, 6) is 0.875. The highest BCUT2D eigenvalue weighted by Crippen LogP contribution is 2.20. The number of fused-ring (bicyclic) bond motifs is 1. The molecule has 2 aromatic heterocycles. The lowest BCUT2D eigenvalue weighted by Crippen LogP contribution is -1.93. The fourth-order valence-corrected chi connectivity index (χ4v) is 1.89. The first-order valence-electron chi connectivity index (χ1n) is 6.59. The monoisotopic (exact) mass is 253 g/mol. The maximum Gasteiger partial charge on any atom is 0.130 e. The molecular formula is C16H19N3. The Balaban J connectivity index is 0.000000637. The highest BCUT2D eigenvalue weighted by molar-refractivity contribution is 5.83. The molecule has 3 aromatic rings. The van der Waals surface area contributed by atoms with Crippen LogP contribution in [0.5, 0.6) is 0 Å². The quantitative estimate of drug-likeness (QED) is 0.698. The molecule has 2 heterocycles. The smallest absolute Gasteiger partial charge is 0.130 e. The predicted molar refractivity (Wildman–Crippen MR) is 81.9 cm³/mol. The fraction of sp³-hybridized carbons (Fsp3) is 0.188. The van der Waals surface area contributed by atoms with Crippen molar-refractivity contribution in [3.63, 3.8) is 0 Å². The zero-order valence-corrected chi connectivity index (χ0v) is 11.6. The standard InChI is InChI=1S/C14H13N3.C2H6/c1-10-3-2-4-14(16-10)17-12-5-6-13-11(9-12)7-8-15-13;1-2/h2-9,15H,1H3,(H,16,17);1-2H3. The minimum Gasteiger partial charge on any atom is -0.361 e. The summed E-state index contributed by atoms with van der Waals surface area (Å²) in [5.41, 5.74) is 3.21. The van der Waals surface area contributed by atoms with Crippen molar-refractivity contribution in [3.05, 3.63) is 54.4 Å². The van der Waals surface area contributed by atoms with E-state index < -0.39 is 0 Å². The molecule has 0 amide bonds. The first-order valence-corrected chi connectivity index (χ1v) is 6.59. The molecule has 3 rings (SSSR count). The number of pyridine rings is 1. The molecule has 0 saturated carbocycles. The normalized spacial score (nSPS) is 9.84. The number of anilines is 2. The maximum absolute atomic E-state index is 4.42. The van der Waals surface area contributed by atoms with Gasteiger partial charge in [-0.15, -0.1) is 0 Å². The fourth-order valence-electron chi connectivity index (χ4n) is 1.89. The van der Waals surface area contributed by atoms with Crippen molar-refractivity contribution < 1.29 is 0 Å². The van der Waals surface area contributed by atoms with Crippen LogP contribution in [0.2, 0.25) is 0 Å². The van der Waals surface area contributed by atoms with Crippen LogP contribution in [0, 0.1) is 6.92 Å². The molecule has 98 valence electrons. The zero-order chi connectivity index (χ0) is 13.7. The van der Waals surface area contributed by atoms with Crippen molar-refractivity contribution in [1.82, 2.24) is 9.97 Å². The lowest BCUT2D eigenvalue weighted by molar-refractivity contribution is 1.20. The second-order valence-electron chi connectivity index (χ2n) is 4.07. The summed E-state index contributed by atoms with van der Waals surface area (Å²) in [5, 5.41) is 4.50. The predicted octanol–water partition coefficient (Wildman–Crippen LogP) is 4.64. The van der Waals surface area contributed by atoms with Crippen LogP contribution in [-0.4, -0.2) is 9.97 Å². The van der Waals surface area contributed by atoms with E-state index in [9.17, 15) is 0 Å². The molecular weight excluding hydrogens is 234 g/mol. The molecule has 0 atom stereocenters. The van der Waals surface area contributed by atoms with Crippen LogP contribution in [0.15, 0.2) is 48.7 Å². The second-order valence-corrected chi connectivity index (χ2v) is 4.07. The van der Waals surface area contributed by atoms with Crippen molar-refractivity contribution >= 4 is 22.4 Å². The molecule has 1 aromatic carbocycles. The summed E-state index contributed by atoms with van der Waals surface area (Å²) >= 11 is 0. The third-order valence-electron chi connectivity index (χ3n) is 2.71. The van der Waals surface area contributed by atoms with Crippen LogP contribution in [0.25, 0.3) is 10.9 Å². The number of aryl methyl sites for hydroxylation is 1. The molecule has 2 N–H and O–H groups in total. The summed E-state index contributed by atoms with van der Waals surface area (Å²) < 4.78 is 0. The van der Waals surface area contributed by atoms with Crippen molar-refractivity contribution in [3.8, 4) is 0 Å². The number of aromatic nitrogens is 2.